The molecule has 3 N–H and O–H groups in total. The number of nitrogens with zero attached hydrogens (tertiary/aromatic N) is 4. The van der Waals surface area contributed by atoms with E-state index in [1.165, 1.54) is 12.8 Å². The molecule has 2 aromatic heterocycles. The number of halogens is 1. The minimum Gasteiger partial charge on any atom is -0.338 e. The van der Waals surface area contributed by atoms with Gasteiger partial charge in [0.05, 0.1) is 6.33 Å². The lowest BCUT2D eigenvalue weighted by molar-refractivity contribution is 0.302. The summed E-state index contributed by atoms with van der Waals surface area (Å²) in [6.07, 6.45) is 7.32. The van der Waals surface area contributed by atoms with Gasteiger partial charge >= 0.3 is 0 Å². The van der Waals surface area contributed by atoms with Gasteiger partial charge in [-0.3, -0.25) is 0 Å². The van der Waals surface area contributed by atoms with Crippen LogP contribution < -0.4 is 11.1 Å². The number of nitrogens with one attached hydrogen (secondary N) is 1. The van der Waals surface area contributed by atoms with E-state index in [1.54, 1.807) is 0 Å². The van der Waals surface area contributed by atoms with Crippen molar-refractivity contribution < 1.29 is 0 Å². The zero-order chi connectivity index (χ0) is 18.8. The smallest absolute Gasteiger partial charge is 0.165 e. The van der Waals surface area contributed by atoms with Crippen LogP contribution in [-0.4, -0.2) is 25.6 Å². The van der Waals surface area contributed by atoms with Gasteiger partial charge in [0.15, 0.2) is 17.0 Å². The van der Waals surface area contributed by atoms with Crippen molar-refractivity contribution in [2.75, 3.05) is 5.32 Å². The van der Waals surface area contributed by atoms with Crippen molar-refractivity contribution in [3.8, 4) is 0 Å². The maximum Gasteiger partial charge on any atom is 0.165 e. The van der Waals surface area contributed by atoms with Gasteiger partial charge in [-0.2, -0.15) is 0 Å². The first kappa shape index (κ1) is 18.2. The number of rotatable bonds is 5. The van der Waals surface area contributed by atoms with E-state index in [0.29, 0.717) is 16.8 Å². The number of imidazole rings is 1. The molecule has 0 aliphatic heterocycles. The number of hydrogen-bond acceptors (Lipinski definition) is 5. The van der Waals surface area contributed by atoms with Crippen LogP contribution >= 0.6 is 11.6 Å². The summed E-state index contributed by atoms with van der Waals surface area (Å²) in [6, 6.07) is 7.84. The predicted molar refractivity (Wildman–Crippen MR) is 109 cm³/mol. The van der Waals surface area contributed by atoms with Gasteiger partial charge in [-0.25, -0.2) is 15.0 Å². The lowest BCUT2D eigenvalue weighted by Gasteiger charge is -2.28. The normalized spacial score (nSPS) is 20.1. The van der Waals surface area contributed by atoms with Gasteiger partial charge in [-0.05, 0) is 43.9 Å². The third-order valence-corrected chi connectivity index (χ3v) is 5.59. The van der Waals surface area contributed by atoms with Crippen LogP contribution in [0.4, 0.5) is 11.5 Å². The molecule has 3 aromatic rings. The molecule has 142 valence electrons. The van der Waals surface area contributed by atoms with E-state index in [1.807, 2.05) is 35.2 Å². The highest BCUT2D eigenvalue weighted by atomic mass is 35.5. The van der Waals surface area contributed by atoms with Crippen LogP contribution in [0.3, 0.4) is 0 Å². The number of aromatic nitrogens is 4. The average molecular weight is 385 g/mol. The second-order valence-electron chi connectivity index (χ2n) is 7.24. The second-order valence-corrected chi connectivity index (χ2v) is 7.68. The Morgan fingerprint density at radius 2 is 2.11 bits per heavy atom. The summed E-state index contributed by atoms with van der Waals surface area (Å²) in [5.74, 6) is 1.98. The number of benzene rings is 1. The highest BCUT2D eigenvalue weighted by Gasteiger charge is 2.24. The standard InChI is InChI=1S/C20H25ClN6/c1-2-27-12-23-18-19(24-15-8-5-7-14(21)11-15)25-17(26-20(18)27)10-13-6-3-4-9-16(13)22/h5,7-8,11-13,16H,2-4,6,9-10,22H2,1H3,(H,24,25,26)/t13-,16+/m1/s1. The van der Waals surface area contributed by atoms with Crippen LogP contribution in [0.5, 0.6) is 0 Å². The molecule has 0 spiro atoms. The molecule has 0 unspecified atom stereocenters. The topological polar surface area (TPSA) is 81.7 Å². The molecule has 0 radical (unpaired) electrons. The van der Waals surface area contributed by atoms with Crippen molar-refractivity contribution >= 4 is 34.3 Å². The Balaban J connectivity index is 1.71. The number of hydrogen-bond donors (Lipinski definition) is 2. The van der Waals surface area contributed by atoms with Gasteiger partial charge in [0.1, 0.15) is 5.82 Å². The Bertz CT molecular complexity index is 937. The Morgan fingerprint density at radius 1 is 1.26 bits per heavy atom. The fourth-order valence-electron chi connectivity index (χ4n) is 3.83. The molecule has 0 amide bonds. The molecule has 1 aliphatic carbocycles. The molecule has 2 atom stereocenters. The first-order chi connectivity index (χ1) is 13.1. The molecular weight excluding hydrogens is 360 g/mol. The molecule has 0 bridgehead atoms. The molecule has 1 saturated carbocycles. The highest BCUT2D eigenvalue weighted by molar-refractivity contribution is 6.30. The summed E-state index contributed by atoms with van der Waals surface area (Å²) < 4.78 is 2.05. The van der Waals surface area contributed by atoms with Gasteiger partial charge < -0.3 is 15.6 Å². The summed E-state index contributed by atoms with van der Waals surface area (Å²) in [4.78, 5) is 14.2. The van der Waals surface area contributed by atoms with Crippen molar-refractivity contribution in [1.82, 2.24) is 19.5 Å². The zero-order valence-electron chi connectivity index (χ0n) is 15.5. The van der Waals surface area contributed by atoms with E-state index in [4.69, 9.17) is 27.3 Å². The van der Waals surface area contributed by atoms with E-state index < -0.39 is 0 Å². The predicted octanol–water partition coefficient (Wildman–Crippen LogP) is 4.30. The van der Waals surface area contributed by atoms with E-state index in [-0.39, 0.29) is 6.04 Å². The molecule has 7 heteroatoms. The summed E-state index contributed by atoms with van der Waals surface area (Å²) in [6.45, 7) is 2.90. The maximum atomic E-state index is 6.35. The lowest BCUT2D eigenvalue weighted by atomic mass is 9.83. The SMILES string of the molecule is CCn1cnc2c(Nc3cccc(Cl)c3)nc(C[C@H]3CCCC[C@@H]3N)nc21. The maximum absolute atomic E-state index is 6.35. The van der Waals surface area contributed by atoms with Gasteiger partial charge in [-0.1, -0.05) is 30.5 Å². The van der Waals surface area contributed by atoms with E-state index in [0.717, 1.165) is 48.5 Å². The zero-order valence-corrected chi connectivity index (χ0v) is 16.3. The molecular formula is C20H25ClN6. The quantitative estimate of drug-likeness (QED) is 0.685. The molecule has 1 fully saturated rings. The van der Waals surface area contributed by atoms with Gasteiger partial charge in [-0.15, -0.1) is 0 Å². The Labute approximate surface area is 164 Å². The van der Waals surface area contributed by atoms with Crippen LogP contribution in [0.2, 0.25) is 5.02 Å². The third-order valence-electron chi connectivity index (χ3n) is 5.35. The van der Waals surface area contributed by atoms with Crippen molar-refractivity contribution in [2.24, 2.45) is 11.7 Å². The van der Waals surface area contributed by atoms with E-state index >= 15 is 0 Å². The van der Waals surface area contributed by atoms with Gasteiger partial charge in [0.25, 0.3) is 0 Å². The van der Waals surface area contributed by atoms with Gasteiger partial charge in [0.2, 0.25) is 0 Å². The third kappa shape index (κ3) is 3.92. The minimum atomic E-state index is 0.235. The Morgan fingerprint density at radius 3 is 2.89 bits per heavy atom. The van der Waals surface area contributed by atoms with E-state index in [9.17, 15) is 0 Å². The summed E-state index contributed by atoms with van der Waals surface area (Å²) in [7, 11) is 0. The second kappa shape index (κ2) is 7.82. The van der Waals surface area contributed by atoms with Crippen LogP contribution in [0.25, 0.3) is 11.2 Å². The molecule has 4 rings (SSSR count). The molecule has 1 aromatic carbocycles. The number of nitrogens with two attached hydrogens (primary N) is 1. The Hall–Kier alpha value is -2.18. The fourth-order valence-corrected chi connectivity index (χ4v) is 4.02. The van der Waals surface area contributed by atoms with Crippen molar-refractivity contribution in [3.63, 3.8) is 0 Å². The van der Waals surface area contributed by atoms with Crippen LogP contribution in [0.15, 0.2) is 30.6 Å². The van der Waals surface area contributed by atoms with E-state index in [2.05, 4.69) is 17.2 Å². The molecule has 6 nitrogen and oxygen atoms in total. The first-order valence-corrected chi connectivity index (χ1v) is 10.0. The lowest BCUT2D eigenvalue weighted by Crippen LogP contribution is -2.34. The van der Waals surface area contributed by atoms with Crippen molar-refractivity contribution in [1.29, 1.82) is 0 Å². The average Bonchev–Trinajstić information content (AvgIpc) is 3.07. The summed E-state index contributed by atoms with van der Waals surface area (Å²) in [5, 5.41) is 4.05. The van der Waals surface area contributed by atoms with Gasteiger partial charge in [0, 0.05) is 29.7 Å². The number of fused-ring (bicyclic) bond motifs is 1. The molecule has 2 heterocycles. The summed E-state index contributed by atoms with van der Waals surface area (Å²) >= 11 is 6.13. The van der Waals surface area contributed by atoms with Crippen molar-refractivity contribution in [3.05, 3.63) is 41.4 Å². The monoisotopic (exact) mass is 384 g/mol. The first-order valence-electron chi connectivity index (χ1n) is 9.64. The largest absolute Gasteiger partial charge is 0.338 e. The van der Waals surface area contributed by atoms with Crippen molar-refractivity contribution in [2.45, 2.75) is 51.6 Å². The number of aryl methyl sites for hydroxylation is 1. The molecule has 1 aliphatic rings. The molecule has 0 saturated heterocycles. The van der Waals surface area contributed by atoms with Crippen LogP contribution in [0.1, 0.15) is 38.4 Å². The Kier molecular flexibility index (Phi) is 5.27. The number of anilines is 2. The van der Waals surface area contributed by atoms with Crippen LogP contribution in [0, 0.1) is 5.92 Å². The fraction of sp³-hybridized carbons (Fsp3) is 0.450. The molecule has 27 heavy (non-hydrogen) atoms. The highest BCUT2D eigenvalue weighted by Crippen LogP contribution is 2.28. The summed E-state index contributed by atoms with van der Waals surface area (Å²) in [5.41, 5.74) is 8.86. The van der Waals surface area contributed by atoms with Crippen LogP contribution in [-0.2, 0) is 13.0 Å². The minimum absolute atomic E-state index is 0.235.